The van der Waals surface area contributed by atoms with Gasteiger partial charge in [-0.2, -0.15) is 0 Å². The molecular weight excluding hydrogens is 263 g/mol. The minimum atomic E-state index is -0.537. The van der Waals surface area contributed by atoms with Gasteiger partial charge in [-0.05, 0) is 31.2 Å². The lowest BCUT2D eigenvalue weighted by atomic mass is 10.1. The zero-order chi connectivity index (χ0) is 14.7. The third-order valence-corrected chi connectivity index (χ3v) is 2.74. The Bertz CT molecular complexity index is 644. The number of halogens is 1. The molecule has 0 bridgehead atoms. The second-order valence-corrected chi connectivity index (χ2v) is 4.30. The van der Waals surface area contributed by atoms with Gasteiger partial charge < -0.3 is 10.5 Å². The van der Waals surface area contributed by atoms with E-state index in [1.807, 2.05) is 0 Å². The smallest absolute Gasteiger partial charge is 0.311 e. The number of rotatable bonds is 4. The third kappa shape index (κ3) is 2.92. The average Bonchev–Trinajstić information content (AvgIpc) is 2.41. The highest BCUT2D eigenvalue weighted by Crippen LogP contribution is 2.34. The lowest BCUT2D eigenvalue weighted by Crippen LogP contribution is -2.07. The van der Waals surface area contributed by atoms with Crippen molar-refractivity contribution in [1.29, 1.82) is 0 Å². The van der Waals surface area contributed by atoms with Crippen LogP contribution in [0.5, 0.6) is 11.5 Å². The first-order valence-corrected chi connectivity index (χ1v) is 5.95. The molecular formula is C14H13FN2O3. The molecule has 20 heavy (non-hydrogen) atoms. The quantitative estimate of drug-likeness (QED) is 0.684. The Hall–Kier alpha value is -2.47. The lowest BCUT2D eigenvalue weighted by Gasteiger charge is -2.13. The normalized spacial score (nSPS) is 11.9. The van der Waals surface area contributed by atoms with E-state index in [1.165, 1.54) is 30.3 Å². The summed E-state index contributed by atoms with van der Waals surface area (Å²) in [6, 6.07) is 9.41. The van der Waals surface area contributed by atoms with Crippen LogP contribution in [0.4, 0.5) is 10.1 Å². The summed E-state index contributed by atoms with van der Waals surface area (Å²) in [5.74, 6) is -0.0473. The summed E-state index contributed by atoms with van der Waals surface area (Å²) in [5, 5.41) is 10.9. The molecule has 104 valence electrons. The average molecular weight is 276 g/mol. The highest BCUT2D eigenvalue weighted by molar-refractivity contribution is 5.49. The number of nitrogens with zero attached hydrogens (tertiary/aromatic N) is 1. The van der Waals surface area contributed by atoms with Crippen LogP contribution in [0.3, 0.4) is 0 Å². The van der Waals surface area contributed by atoms with Crippen LogP contribution in [0.1, 0.15) is 18.5 Å². The molecule has 2 rings (SSSR count). The summed E-state index contributed by atoms with van der Waals surface area (Å²) in [7, 11) is 0. The number of ether oxygens (including phenoxy) is 1. The monoisotopic (exact) mass is 276 g/mol. The number of nitro groups is 1. The maximum Gasteiger partial charge on any atom is 0.311 e. The Morgan fingerprint density at radius 1 is 1.25 bits per heavy atom. The van der Waals surface area contributed by atoms with Gasteiger partial charge in [0.1, 0.15) is 11.6 Å². The summed E-state index contributed by atoms with van der Waals surface area (Å²) >= 11 is 0. The van der Waals surface area contributed by atoms with Crippen molar-refractivity contribution >= 4 is 5.69 Å². The molecule has 0 radical (unpaired) electrons. The zero-order valence-corrected chi connectivity index (χ0v) is 10.7. The largest absolute Gasteiger partial charge is 0.450 e. The Balaban J connectivity index is 2.43. The van der Waals surface area contributed by atoms with Gasteiger partial charge in [0.05, 0.1) is 4.92 Å². The van der Waals surface area contributed by atoms with Crippen molar-refractivity contribution < 1.29 is 14.1 Å². The van der Waals surface area contributed by atoms with E-state index in [9.17, 15) is 14.5 Å². The molecule has 0 saturated heterocycles. The van der Waals surface area contributed by atoms with Gasteiger partial charge in [-0.25, -0.2) is 4.39 Å². The number of benzene rings is 2. The minimum Gasteiger partial charge on any atom is -0.450 e. The molecule has 2 aromatic carbocycles. The first-order valence-electron chi connectivity index (χ1n) is 5.95. The molecule has 0 amide bonds. The number of hydrogen-bond acceptors (Lipinski definition) is 4. The van der Waals surface area contributed by atoms with E-state index in [0.717, 1.165) is 0 Å². The van der Waals surface area contributed by atoms with Crippen LogP contribution in [-0.2, 0) is 0 Å². The van der Waals surface area contributed by atoms with Crippen LogP contribution in [0.2, 0.25) is 0 Å². The molecule has 0 aromatic heterocycles. The molecule has 6 heteroatoms. The summed E-state index contributed by atoms with van der Waals surface area (Å²) < 4.78 is 18.8. The van der Waals surface area contributed by atoms with Crippen LogP contribution >= 0.6 is 0 Å². The van der Waals surface area contributed by atoms with Gasteiger partial charge >= 0.3 is 5.69 Å². The fourth-order valence-electron chi connectivity index (χ4n) is 1.78. The van der Waals surface area contributed by atoms with E-state index in [4.69, 9.17) is 10.5 Å². The van der Waals surface area contributed by atoms with Crippen molar-refractivity contribution in [3.8, 4) is 11.5 Å². The maximum atomic E-state index is 13.2. The first kappa shape index (κ1) is 14.0. The standard InChI is InChI=1S/C14H13FN2O3/c1-9(16)11-8-10(15)6-7-13(11)20-14-5-3-2-4-12(14)17(18)19/h2-9H,16H2,1H3/t9-/m1/s1. The number of para-hydroxylation sites is 2. The minimum absolute atomic E-state index is 0.0889. The van der Waals surface area contributed by atoms with E-state index in [1.54, 1.807) is 19.1 Å². The van der Waals surface area contributed by atoms with Gasteiger partial charge in [-0.15, -0.1) is 0 Å². The molecule has 0 heterocycles. The second kappa shape index (κ2) is 5.66. The van der Waals surface area contributed by atoms with Crippen molar-refractivity contribution in [2.75, 3.05) is 0 Å². The van der Waals surface area contributed by atoms with Gasteiger partial charge in [0.15, 0.2) is 0 Å². The molecule has 0 saturated carbocycles. The van der Waals surface area contributed by atoms with Crippen LogP contribution in [0.15, 0.2) is 42.5 Å². The van der Waals surface area contributed by atoms with Gasteiger partial charge in [0, 0.05) is 17.7 Å². The van der Waals surface area contributed by atoms with Crippen molar-refractivity contribution in [3.63, 3.8) is 0 Å². The maximum absolute atomic E-state index is 13.2. The van der Waals surface area contributed by atoms with Crippen LogP contribution in [0, 0.1) is 15.9 Å². The van der Waals surface area contributed by atoms with E-state index >= 15 is 0 Å². The Kier molecular flexibility index (Phi) is 3.95. The van der Waals surface area contributed by atoms with Crippen molar-refractivity contribution in [2.24, 2.45) is 5.73 Å². The molecule has 2 aromatic rings. The molecule has 0 unspecified atom stereocenters. The van der Waals surface area contributed by atoms with E-state index < -0.39 is 16.8 Å². The summed E-state index contributed by atoms with van der Waals surface area (Å²) in [6.07, 6.45) is 0. The van der Waals surface area contributed by atoms with Gasteiger partial charge in [-0.3, -0.25) is 10.1 Å². The Labute approximate surface area is 114 Å². The molecule has 0 aliphatic carbocycles. The first-order chi connectivity index (χ1) is 9.49. The predicted molar refractivity (Wildman–Crippen MR) is 72.2 cm³/mol. The molecule has 0 aliphatic rings. The third-order valence-electron chi connectivity index (χ3n) is 2.74. The summed E-state index contributed by atoms with van der Waals surface area (Å²) in [5.41, 5.74) is 6.04. The van der Waals surface area contributed by atoms with E-state index in [-0.39, 0.29) is 11.4 Å². The molecule has 0 spiro atoms. The molecule has 0 aliphatic heterocycles. The van der Waals surface area contributed by atoms with Crippen molar-refractivity contribution in [1.82, 2.24) is 0 Å². The highest BCUT2D eigenvalue weighted by atomic mass is 19.1. The number of nitrogens with two attached hydrogens (primary N) is 1. The van der Waals surface area contributed by atoms with Crippen LogP contribution < -0.4 is 10.5 Å². The topological polar surface area (TPSA) is 78.4 Å². The SMILES string of the molecule is C[C@@H](N)c1cc(F)ccc1Oc1ccccc1[N+](=O)[O-]. The van der Waals surface area contributed by atoms with Crippen LogP contribution in [-0.4, -0.2) is 4.92 Å². The highest BCUT2D eigenvalue weighted by Gasteiger charge is 2.17. The van der Waals surface area contributed by atoms with E-state index in [2.05, 4.69) is 0 Å². The fraction of sp³-hybridized carbons (Fsp3) is 0.143. The van der Waals surface area contributed by atoms with Gasteiger partial charge in [-0.1, -0.05) is 12.1 Å². The summed E-state index contributed by atoms with van der Waals surface area (Å²) in [6.45, 7) is 1.68. The van der Waals surface area contributed by atoms with Crippen molar-refractivity contribution in [2.45, 2.75) is 13.0 Å². The summed E-state index contributed by atoms with van der Waals surface area (Å²) in [4.78, 5) is 10.4. The molecule has 5 nitrogen and oxygen atoms in total. The fourth-order valence-corrected chi connectivity index (χ4v) is 1.78. The second-order valence-electron chi connectivity index (χ2n) is 4.30. The van der Waals surface area contributed by atoms with Gasteiger partial charge in [0.2, 0.25) is 5.75 Å². The van der Waals surface area contributed by atoms with Crippen molar-refractivity contribution in [3.05, 3.63) is 64.0 Å². The van der Waals surface area contributed by atoms with Gasteiger partial charge in [0.25, 0.3) is 0 Å². The number of nitro benzene ring substituents is 1. The Morgan fingerprint density at radius 2 is 1.95 bits per heavy atom. The van der Waals surface area contributed by atoms with Crippen LogP contribution in [0.25, 0.3) is 0 Å². The molecule has 2 N–H and O–H groups in total. The zero-order valence-electron chi connectivity index (χ0n) is 10.7. The number of hydrogen-bond donors (Lipinski definition) is 1. The predicted octanol–water partition coefficient (Wildman–Crippen LogP) is 3.55. The Morgan fingerprint density at radius 3 is 2.60 bits per heavy atom. The molecule has 0 fully saturated rings. The lowest BCUT2D eigenvalue weighted by molar-refractivity contribution is -0.385. The molecule has 1 atom stereocenters. The van der Waals surface area contributed by atoms with E-state index in [0.29, 0.717) is 11.3 Å².